The standard InChI is InChI=1S/C19H24ClFN2O3/c20-16-5-4-15(12-17(16)21)19(25)23-7-1-2-14(13-23)3-6-18(24)22-8-10-26-11-9-22/h4-5,12,14H,1-3,6-11,13H2. The molecule has 2 amide bonds. The van der Waals surface area contributed by atoms with Crippen LogP contribution in [0.15, 0.2) is 18.2 Å². The molecule has 0 aromatic heterocycles. The summed E-state index contributed by atoms with van der Waals surface area (Å²) < 4.78 is 18.9. The third-order valence-electron chi connectivity index (χ3n) is 5.10. The summed E-state index contributed by atoms with van der Waals surface area (Å²) in [4.78, 5) is 28.5. The minimum Gasteiger partial charge on any atom is -0.378 e. The number of carbonyl (C=O) groups is 2. The van der Waals surface area contributed by atoms with E-state index in [1.165, 1.54) is 12.1 Å². The van der Waals surface area contributed by atoms with E-state index in [-0.39, 0.29) is 16.8 Å². The number of ether oxygens (including phenoxy) is 1. The van der Waals surface area contributed by atoms with Gasteiger partial charge < -0.3 is 14.5 Å². The third-order valence-corrected chi connectivity index (χ3v) is 5.41. The zero-order chi connectivity index (χ0) is 18.5. The topological polar surface area (TPSA) is 49.9 Å². The molecule has 2 aliphatic rings. The van der Waals surface area contributed by atoms with Gasteiger partial charge in [-0.1, -0.05) is 11.6 Å². The molecule has 26 heavy (non-hydrogen) atoms. The minimum absolute atomic E-state index is 0.0136. The molecule has 2 saturated heterocycles. The Morgan fingerprint density at radius 2 is 1.96 bits per heavy atom. The molecule has 1 unspecified atom stereocenters. The summed E-state index contributed by atoms with van der Waals surface area (Å²) in [7, 11) is 0. The Morgan fingerprint density at radius 1 is 1.19 bits per heavy atom. The fraction of sp³-hybridized carbons (Fsp3) is 0.579. The first kappa shape index (κ1) is 19.1. The van der Waals surface area contributed by atoms with Crippen LogP contribution in [0.5, 0.6) is 0 Å². The summed E-state index contributed by atoms with van der Waals surface area (Å²) in [5.41, 5.74) is 0.317. The fourth-order valence-electron chi connectivity index (χ4n) is 3.60. The number of rotatable bonds is 4. The molecule has 0 N–H and O–H groups in total. The van der Waals surface area contributed by atoms with Crippen molar-refractivity contribution in [2.75, 3.05) is 39.4 Å². The summed E-state index contributed by atoms with van der Waals surface area (Å²) in [6.45, 7) is 3.81. The first-order valence-corrected chi connectivity index (χ1v) is 9.52. The molecule has 0 radical (unpaired) electrons. The van der Waals surface area contributed by atoms with Gasteiger partial charge in [0.2, 0.25) is 5.91 Å². The fourth-order valence-corrected chi connectivity index (χ4v) is 3.71. The second-order valence-corrected chi connectivity index (χ2v) is 7.33. The lowest BCUT2D eigenvalue weighted by atomic mass is 9.92. The van der Waals surface area contributed by atoms with Gasteiger partial charge in [-0.3, -0.25) is 9.59 Å². The largest absolute Gasteiger partial charge is 0.378 e. The molecule has 1 aromatic carbocycles. The molecule has 7 heteroatoms. The molecule has 0 saturated carbocycles. The predicted octanol–water partition coefficient (Wildman–Crippen LogP) is 2.97. The molecule has 0 spiro atoms. The predicted molar refractivity (Wildman–Crippen MR) is 96.7 cm³/mol. The van der Waals surface area contributed by atoms with E-state index in [2.05, 4.69) is 0 Å². The van der Waals surface area contributed by atoms with Crippen LogP contribution >= 0.6 is 11.6 Å². The van der Waals surface area contributed by atoms with Gasteiger partial charge in [-0.25, -0.2) is 4.39 Å². The highest BCUT2D eigenvalue weighted by molar-refractivity contribution is 6.30. The molecule has 1 atom stereocenters. The van der Waals surface area contributed by atoms with Crippen molar-refractivity contribution in [3.8, 4) is 0 Å². The second kappa shape index (κ2) is 8.82. The number of benzene rings is 1. The van der Waals surface area contributed by atoms with Gasteiger partial charge in [0, 0.05) is 38.2 Å². The Balaban J connectivity index is 1.52. The number of halogens is 2. The van der Waals surface area contributed by atoms with E-state index in [1.807, 2.05) is 4.90 Å². The Hall–Kier alpha value is -1.66. The second-order valence-electron chi connectivity index (χ2n) is 6.92. The monoisotopic (exact) mass is 382 g/mol. The molecule has 2 fully saturated rings. The zero-order valence-electron chi connectivity index (χ0n) is 14.8. The van der Waals surface area contributed by atoms with Crippen LogP contribution in [0, 0.1) is 11.7 Å². The Labute approximate surface area is 158 Å². The van der Waals surface area contributed by atoms with Crippen LogP contribution in [-0.2, 0) is 9.53 Å². The van der Waals surface area contributed by atoms with Crippen molar-refractivity contribution in [2.45, 2.75) is 25.7 Å². The van der Waals surface area contributed by atoms with Crippen LogP contribution in [0.3, 0.4) is 0 Å². The first-order valence-electron chi connectivity index (χ1n) is 9.14. The van der Waals surface area contributed by atoms with Gasteiger partial charge >= 0.3 is 0 Å². The Bertz CT molecular complexity index is 664. The van der Waals surface area contributed by atoms with Crippen molar-refractivity contribution < 1.29 is 18.7 Å². The van der Waals surface area contributed by atoms with E-state index in [9.17, 15) is 14.0 Å². The molecular weight excluding hydrogens is 359 g/mol. The Kier molecular flexibility index (Phi) is 6.48. The molecular formula is C19H24ClFN2O3. The summed E-state index contributed by atoms with van der Waals surface area (Å²) >= 11 is 5.69. The van der Waals surface area contributed by atoms with E-state index in [0.717, 1.165) is 19.3 Å². The minimum atomic E-state index is -0.581. The van der Waals surface area contributed by atoms with Gasteiger partial charge in [0.05, 0.1) is 18.2 Å². The van der Waals surface area contributed by atoms with Gasteiger partial charge in [-0.2, -0.15) is 0 Å². The van der Waals surface area contributed by atoms with Crippen molar-refractivity contribution in [1.29, 1.82) is 0 Å². The highest BCUT2D eigenvalue weighted by atomic mass is 35.5. The van der Waals surface area contributed by atoms with E-state index in [4.69, 9.17) is 16.3 Å². The lowest BCUT2D eigenvalue weighted by Gasteiger charge is -2.33. The first-order chi connectivity index (χ1) is 12.5. The molecule has 0 bridgehead atoms. The smallest absolute Gasteiger partial charge is 0.253 e. The average Bonchev–Trinajstić information content (AvgIpc) is 2.68. The number of nitrogens with zero attached hydrogens (tertiary/aromatic N) is 2. The summed E-state index contributed by atoms with van der Waals surface area (Å²) in [5.74, 6) is -0.293. The zero-order valence-corrected chi connectivity index (χ0v) is 15.5. The quantitative estimate of drug-likeness (QED) is 0.804. The van der Waals surface area contributed by atoms with Crippen LogP contribution in [0.25, 0.3) is 0 Å². The van der Waals surface area contributed by atoms with Crippen LogP contribution in [0.2, 0.25) is 5.02 Å². The highest BCUT2D eigenvalue weighted by Gasteiger charge is 2.26. The molecule has 0 aliphatic carbocycles. The summed E-state index contributed by atoms with van der Waals surface area (Å²) in [6.07, 6.45) is 3.19. The molecule has 2 aliphatic heterocycles. The number of hydrogen-bond donors (Lipinski definition) is 0. The van der Waals surface area contributed by atoms with Crippen LogP contribution in [0.1, 0.15) is 36.0 Å². The maximum absolute atomic E-state index is 13.6. The SMILES string of the molecule is O=C(CCC1CCCN(C(=O)c2ccc(Cl)c(F)c2)C1)N1CCOCC1. The van der Waals surface area contributed by atoms with Crippen LogP contribution in [-0.4, -0.2) is 61.0 Å². The molecule has 142 valence electrons. The number of morpholine rings is 1. The number of carbonyl (C=O) groups excluding carboxylic acids is 2. The van der Waals surface area contributed by atoms with Crippen LogP contribution < -0.4 is 0 Å². The maximum Gasteiger partial charge on any atom is 0.253 e. The molecule has 2 heterocycles. The van der Waals surface area contributed by atoms with Gasteiger partial charge in [0.15, 0.2) is 0 Å². The van der Waals surface area contributed by atoms with Crippen LogP contribution in [0.4, 0.5) is 4.39 Å². The van der Waals surface area contributed by atoms with E-state index in [1.54, 1.807) is 11.0 Å². The summed E-state index contributed by atoms with van der Waals surface area (Å²) in [5, 5.41) is 0.0136. The molecule has 5 nitrogen and oxygen atoms in total. The number of amides is 2. The normalized spacial score (nSPS) is 20.9. The van der Waals surface area contributed by atoms with Gasteiger partial charge in [-0.15, -0.1) is 0 Å². The third kappa shape index (κ3) is 4.74. The highest BCUT2D eigenvalue weighted by Crippen LogP contribution is 2.24. The van der Waals surface area contributed by atoms with Gasteiger partial charge in [0.1, 0.15) is 5.82 Å². The molecule has 3 rings (SSSR count). The van der Waals surface area contributed by atoms with E-state index < -0.39 is 5.82 Å². The lowest BCUT2D eigenvalue weighted by molar-refractivity contribution is -0.135. The van der Waals surface area contributed by atoms with Crippen molar-refractivity contribution in [2.24, 2.45) is 5.92 Å². The van der Waals surface area contributed by atoms with Crippen molar-refractivity contribution in [3.05, 3.63) is 34.6 Å². The number of likely N-dealkylation sites (tertiary alicyclic amines) is 1. The van der Waals surface area contributed by atoms with Crippen molar-refractivity contribution in [3.63, 3.8) is 0 Å². The van der Waals surface area contributed by atoms with Crippen molar-refractivity contribution in [1.82, 2.24) is 9.80 Å². The summed E-state index contributed by atoms with van der Waals surface area (Å²) in [6, 6.07) is 4.15. The number of piperidine rings is 1. The van der Waals surface area contributed by atoms with E-state index >= 15 is 0 Å². The number of hydrogen-bond acceptors (Lipinski definition) is 3. The van der Waals surface area contributed by atoms with E-state index in [0.29, 0.717) is 57.3 Å². The lowest BCUT2D eigenvalue weighted by Crippen LogP contribution is -2.42. The maximum atomic E-state index is 13.6. The molecule has 1 aromatic rings. The van der Waals surface area contributed by atoms with Crippen molar-refractivity contribution >= 4 is 23.4 Å². The average molecular weight is 383 g/mol. The van der Waals surface area contributed by atoms with Gasteiger partial charge in [0.25, 0.3) is 5.91 Å². The Morgan fingerprint density at radius 3 is 2.69 bits per heavy atom. The van der Waals surface area contributed by atoms with Gasteiger partial charge in [-0.05, 0) is 43.4 Å².